The van der Waals surface area contributed by atoms with Crippen LogP contribution >= 0.6 is 0 Å². The van der Waals surface area contributed by atoms with Gasteiger partial charge in [-0.25, -0.2) is 0 Å². The second-order valence-electron chi connectivity index (χ2n) is 5.60. The third-order valence-corrected chi connectivity index (χ3v) is 4.56. The molecule has 4 heteroatoms. The van der Waals surface area contributed by atoms with Crippen LogP contribution in [0.4, 0.5) is 0 Å². The third-order valence-electron chi connectivity index (χ3n) is 4.56. The topological polar surface area (TPSA) is 28.1 Å². The van der Waals surface area contributed by atoms with Gasteiger partial charge >= 0.3 is 0 Å². The van der Waals surface area contributed by atoms with Crippen molar-refractivity contribution in [1.29, 1.82) is 0 Å². The second kappa shape index (κ2) is 4.67. The Kier molecular flexibility index (Phi) is 3.16. The normalized spacial score (nSPS) is 33.7. The van der Waals surface area contributed by atoms with Crippen molar-refractivity contribution in [2.24, 2.45) is 4.99 Å². The molecule has 0 N–H and O–H groups in total. The Hall–Kier alpha value is -0.870. The zero-order valence-electron chi connectivity index (χ0n) is 11.6. The molecule has 18 heavy (non-hydrogen) atoms. The molecule has 0 bridgehead atoms. The summed E-state index contributed by atoms with van der Waals surface area (Å²) in [5, 5.41) is 0. The number of nitrogens with zero attached hydrogens (tertiary/aromatic N) is 3. The summed E-state index contributed by atoms with van der Waals surface area (Å²) in [4.78, 5) is 9.74. The summed E-state index contributed by atoms with van der Waals surface area (Å²) in [6.07, 6.45) is 1.18. The van der Waals surface area contributed by atoms with Crippen LogP contribution in [-0.4, -0.2) is 60.6 Å². The zero-order valence-corrected chi connectivity index (χ0v) is 11.6. The Bertz CT molecular complexity index is 396. The predicted octanol–water partition coefficient (Wildman–Crippen LogP) is 1.49. The highest BCUT2D eigenvalue weighted by Crippen LogP contribution is 2.33. The van der Waals surface area contributed by atoms with E-state index in [1.807, 2.05) is 0 Å². The van der Waals surface area contributed by atoms with E-state index in [9.17, 15) is 0 Å². The van der Waals surface area contributed by atoms with E-state index in [-0.39, 0.29) is 0 Å². The van der Waals surface area contributed by atoms with E-state index in [1.165, 1.54) is 23.5 Å². The summed E-state index contributed by atoms with van der Waals surface area (Å²) >= 11 is 0. The second-order valence-corrected chi connectivity index (χ2v) is 5.60. The number of morpholine rings is 1. The molecule has 0 aliphatic carbocycles. The molecule has 0 aromatic heterocycles. The molecule has 0 radical (unpaired) electrons. The van der Waals surface area contributed by atoms with E-state index in [4.69, 9.17) is 9.73 Å². The van der Waals surface area contributed by atoms with E-state index in [2.05, 4.69) is 30.6 Å². The van der Waals surface area contributed by atoms with Gasteiger partial charge in [-0.05, 0) is 26.3 Å². The molecule has 3 heterocycles. The van der Waals surface area contributed by atoms with Crippen LogP contribution in [0.25, 0.3) is 0 Å². The lowest BCUT2D eigenvalue weighted by atomic mass is 10.0. The van der Waals surface area contributed by atoms with Gasteiger partial charge in [-0.2, -0.15) is 0 Å². The van der Waals surface area contributed by atoms with Crippen molar-refractivity contribution in [2.45, 2.75) is 39.3 Å². The predicted molar refractivity (Wildman–Crippen MR) is 72.8 cm³/mol. The summed E-state index contributed by atoms with van der Waals surface area (Å²) in [7, 11) is 0. The summed E-state index contributed by atoms with van der Waals surface area (Å²) in [5.74, 6) is 1.19. The van der Waals surface area contributed by atoms with Crippen LogP contribution in [0, 0.1) is 0 Å². The molecular weight excluding hydrogens is 226 g/mol. The molecule has 0 aromatic rings. The molecule has 3 aliphatic rings. The molecule has 0 saturated carbocycles. The summed E-state index contributed by atoms with van der Waals surface area (Å²) in [6.45, 7) is 11.6. The lowest BCUT2D eigenvalue weighted by molar-refractivity contribution is 0.0196. The van der Waals surface area contributed by atoms with Crippen molar-refractivity contribution in [1.82, 2.24) is 9.80 Å². The van der Waals surface area contributed by atoms with Gasteiger partial charge in [0, 0.05) is 37.8 Å². The van der Waals surface area contributed by atoms with Gasteiger partial charge in [0.25, 0.3) is 0 Å². The Morgan fingerprint density at radius 1 is 1.22 bits per heavy atom. The Balaban J connectivity index is 1.78. The highest BCUT2D eigenvalue weighted by molar-refractivity contribution is 5.83. The maximum absolute atomic E-state index is 5.45. The lowest BCUT2D eigenvalue weighted by Gasteiger charge is -2.32. The standard InChI is InChI=1S/C14H23N3O/c1-10-11(2)15-12(3)17-9-13(8-14(10)17)16-4-6-18-7-5-16/h11,13H,4-9H2,1-3H3/t11-,13+/m0/s1. The molecule has 0 unspecified atom stereocenters. The maximum Gasteiger partial charge on any atom is 0.101 e. The third kappa shape index (κ3) is 1.97. The van der Waals surface area contributed by atoms with Crippen molar-refractivity contribution < 1.29 is 4.74 Å². The van der Waals surface area contributed by atoms with Crippen LogP contribution in [0.2, 0.25) is 0 Å². The quantitative estimate of drug-likeness (QED) is 0.705. The minimum atomic E-state index is 0.361. The SMILES string of the molecule is CC1=N[C@@H](C)C(C)=C2C[C@@H](N3CCOCC3)CN12. The maximum atomic E-state index is 5.45. The van der Waals surface area contributed by atoms with Gasteiger partial charge in [0.05, 0.1) is 19.3 Å². The smallest absolute Gasteiger partial charge is 0.101 e. The molecule has 0 amide bonds. The van der Waals surface area contributed by atoms with Gasteiger partial charge < -0.3 is 9.64 Å². The zero-order chi connectivity index (χ0) is 12.7. The highest BCUT2D eigenvalue weighted by atomic mass is 16.5. The van der Waals surface area contributed by atoms with Crippen LogP contribution in [0.5, 0.6) is 0 Å². The molecule has 2 atom stereocenters. The average Bonchev–Trinajstić information content (AvgIpc) is 2.83. The minimum Gasteiger partial charge on any atom is -0.379 e. The Labute approximate surface area is 109 Å². The van der Waals surface area contributed by atoms with Gasteiger partial charge in [-0.1, -0.05) is 0 Å². The summed E-state index contributed by atoms with van der Waals surface area (Å²) in [6, 6.07) is 1.01. The Morgan fingerprint density at radius 2 is 1.94 bits per heavy atom. The van der Waals surface area contributed by atoms with Gasteiger partial charge in [0.2, 0.25) is 0 Å². The molecule has 0 spiro atoms. The van der Waals surface area contributed by atoms with Gasteiger partial charge in [0.15, 0.2) is 0 Å². The van der Waals surface area contributed by atoms with E-state index < -0.39 is 0 Å². The molecule has 3 rings (SSSR count). The number of hydrogen-bond acceptors (Lipinski definition) is 4. The fraction of sp³-hybridized carbons (Fsp3) is 0.786. The number of aliphatic imine (C=N–C) groups is 1. The fourth-order valence-electron chi connectivity index (χ4n) is 3.30. The molecule has 0 aromatic carbocycles. The van der Waals surface area contributed by atoms with Crippen LogP contribution in [0.3, 0.4) is 0 Å². The first-order valence-corrected chi connectivity index (χ1v) is 7.00. The molecule has 100 valence electrons. The fourth-order valence-corrected chi connectivity index (χ4v) is 3.30. The van der Waals surface area contributed by atoms with Crippen LogP contribution in [-0.2, 0) is 4.74 Å². The van der Waals surface area contributed by atoms with Crippen molar-refractivity contribution in [3.05, 3.63) is 11.3 Å². The monoisotopic (exact) mass is 249 g/mol. The molecule has 2 fully saturated rings. The van der Waals surface area contributed by atoms with E-state index in [1.54, 1.807) is 0 Å². The number of rotatable bonds is 1. The van der Waals surface area contributed by atoms with E-state index in [0.29, 0.717) is 12.1 Å². The number of fused-ring (bicyclic) bond motifs is 1. The van der Waals surface area contributed by atoms with E-state index >= 15 is 0 Å². The first kappa shape index (κ1) is 12.2. The van der Waals surface area contributed by atoms with Gasteiger partial charge in [-0.3, -0.25) is 9.89 Å². The number of amidine groups is 1. The minimum absolute atomic E-state index is 0.361. The van der Waals surface area contributed by atoms with Gasteiger partial charge in [0.1, 0.15) is 5.84 Å². The first-order valence-electron chi connectivity index (χ1n) is 7.00. The largest absolute Gasteiger partial charge is 0.379 e. The Morgan fingerprint density at radius 3 is 2.67 bits per heavy atom. The number of hydrogen-bond donors (Lipinski definition) is 0. The summed E-state index contributed by atoms with van der Waals surface area (Å²) < 4.78 is 5.45. The molecular formula is C14H23N3O. The van der Waals surface area contributed by atoms with Crippen molar-refractivity contribution in [3.63, 3.8) is 0 Å². The first-order chi connectivity index (χ1) is 8.66. The summed E-state index contributed by atoms with van der Waals surface area (Å²) in [5.41, 5.74) is 2.97. The van der Waals surface area contributed by atoms with Crippen molar-refractivity contribution in [3.8, 4) is 0 Å². The van der Waals surface area contributed by atoms with Gasteiger partial charge in [-0.15, -0.1) is 0 Å². The van der Waals surface area contributed by atoms with Crippen LogP contribution < -0.4 is 0 Å². The highest BCUT2D eigenvalue weighted by Gasteiger charge is 2.36. The molecule has 4 nitrogen and oxygen atoms in total. The lowest BCUT2D eigenvalue weighted by Crippen LogP contribution is -2.45. The van der Waals surface area contributed by atoms with E-state index in [0.717, 1.165) is 32.8 Å². The van der Waals surface area contributed by atoms with Crippen molar-refractivity contribution in [2.75, 3.05) is 32.8 Å². The molecule has 3 aliphatic heterocycles. The van der Waals surface area contributed by atoms with Crippen LogP contribution in [0.15, 0.2) is 16.3 Å². The number of ether oxygens (including phenoxy) is 1. The van der Waals surface area contributed by atoms with Crippen molar-refractivity contribution >= 4 is 5.84 Å². The van der Waals surface area contributed by atoms with Crippen LogP contribution in [0.1, 0.15) is 27.2 Å². The average molecular weight is 249 g/mol. The molecule has 2 saturated heterocycles.